The summed E-state index contributed by atoms with van der Waals surface area (Å²) in [5.74, 6) is -0.320. The Kier molecular flexibility index (Phi) is 8.63. The normalized spacial score (nSPS) is 28.2. The van der Waals surface area contributed by atoms with Crippen molar-refractivity contribution < 1.29 is 32.7 Å². The van der Waals surface area contributed by atoms with E-state index in [1.807, 2.05) is 0 Å². The van der Waals surface area contributed by atoms with E-state index in [9.17, 15) is 23.9 Å². The molecule has 3 N–H and O–H groups in total. The Bertz CT molecular complexity index is 973. The second-order valence-corrected chi connectivity index (χ2v) is 13.2. The van der Waals surface area contributed by atoms with Gasteiger partial charge in [-0.2, -0.15) is 0 Å². The summed E-state index contributed by atoms with van der Waals surface area (Å²) in [6.07, 6.45) is 0.178. The largest absolute Gasteiger partial charge is 0.378 e. The van der Waals surface area contributed by atoms with Crippen molar-refractivity contribution in [3.8, 4) is 0 Å². The number of aromatic nitrogens is 2. The van der Waals surface area contributed by atoms with E-state index in [1.165, 1.54) is 23.9 Å². The fourth-order valence-corrected chi connectivity index (χ4v) is 6.82. The minimum atomic E-state index is -3.76. The van der Waals surface area contributed by atoms with Crippen molar-refractivity contribution in [2.45, 2.75) is 57.5 Å². The number of aromatic amines is 1. The summed E-state index contributed by atoms with van der Waals surface area (Å²) in [5, 5.41) is 0. The number of ether oxygens (including phenoxy) is 1. The van der Waals surface area contributed by atoms with Crippen molar-refractivity contribution in [1.29, 1.82) is 0 Å². The first kappa shape index (κ1) is 26.6. The van der Waals surface area contributed by atoms with Crippen LogP contribution in [-0.2, 0) is 34.7 Å². The van der Waals surface area contributed by atoms with Gasteiger partial charge < -0.3 is 28.1 Å². The molecule has 1 aromatic heterocycles. The van der Waals surface area contributed by atoms with Crippen molar-refractivity contribution >= 4 is 26.1 Å². The predicted octanol–water partition coefficient (Wildman–Crippen LogP) is 1.75. The maximum Gasteiger partial charge on any atom is 0.328 e. The second-order valence-electron chi connectivity index (χ2n) is 8.36. The van der Waals surface area contributed by atoms with Gasteiger partial charge in [-0.25, -0.2) is 4.79 Å². The van der Waals surface area contributed by atoms with Crippen LogP contribution in [0.15, 0.2) is 21.9 Å². The number of nitrogens with zero attached hydrogens (tertiary/aromatic N) is 1. The highest BCUT2D eigenvalue weighted by molar-refractivity contribution is 8.07. The molecular weight excluding hydrogens is 470 g/mol. The van der Waals surface area contributed by atoms with Gasteiger partial charge in [0.25, 0.3) is 5.56 Å². The van der Waals surface area contributed by atoms with E-state index >= 15 is 0 Å². The summed E-state index contributed by atoms with van der Waals surface area (Å²) >= 11 is 5.18. The Morgan fingerprint density at radius 2 is 1.90 bits per heavy atom. The van der Waals surface area contributed by atoms with Gasteiger partial charge in [0.15, 0.2) is 0 Å². The minimum Gasteiger partial charge on any atom is -0.378 e. The molecule has 1 aliphatic carbocycles. The molecule has 3 unspecified atom stereocenters. The Labute approximate surface area is 185 Å². The number of methoxy groups -OCH3 is 1. The molecule has 178 valence electrons. The molecule has 0 bridgehead atoms. The van der Waals surface area contributed by atoms with Crippen LogP contribution in [0, 0.1) is 5.92 Å². The molecule has 1 aliphatic rings. The first-order chi connectivity index (χ1) is 14.2. The molecule has 11 nitrogen and oxygen atoms in total. The summed E-state index contributed by atoms with van der Waals surface area (Å²) in [4.78, 5) is 46.5. The van der Waals surface area contributed by atoms with E-state index in [0.29, 0.717) is 6.42 Å². The SMILES string of the molecule is CO[C@@H]1[C@@H](CCP(=O)(O)OC)CC(n2ccc(=O)[nH]c2=O)[C@@H]1OP(O)(=S)OC(C)(C)C. The first-order valence-electron chi connectivity index (χ1n) is 9.62. The third-order valence-corrected chi connectivity index (χ3v) is 8.07. The molecule has 1 fully saturated rings. The molecule has 1 aromatic rings. The van der Waals surface area contributed by atoms with Gasteiger partial charge in [0.2, 0.25) is 0 Å². The fraction of sp³-hybridized carbons (Fsp3) is 0.765. The van der Waals surface area contributed by atoms with Crippen LogP contribution in [0.5, 0.6) is 0 Å². The van der Waals surface area contributed by atoms with Crippen LogP contribution in [0.1, 0.15) is 39.7 Å². The molecule has 1 heterocycles. The fourth-order valence-electron chi connectivity index (χ4n) is 3.71. The molecule has 0 aliphatic heterocycles. The maximum atomic E-state index is 12.4. The number of hydrogen-bond donors (Lipinski definition) is 3. The van der Waals surface area contributed by atoms with Crippen molar-refractivity contribution in [2.75, 3.05) is 20.4 Å². The Morgan fingerprint density at radius 3 is 2.42 bits per heavy atom. The van der Waals surface area contributed by atoms with Crippen LogP contribution in [0.25, 0.3) is 0 Å². The van der Waals surface area contributed by atoms with Crippen molar-refractivity contribution in [1.82, 2.24) is 9.55 Å². The van der Waals surface area contributed by atoms with Gasteiger partial charge in [0.05, 0.1) is 23.9 Å². The monoisotopic (exact) mass is 500 g/mol. The average molecular weight is 500 g/mol. The lowest BCUT2D eigenvalue weighted by Crippen LogP contribution is -2.39. The van der Waals surface area contributed by atoms with Crippen LogP contribution < -0.4 is 11.2 Å². The van der Waals surface area contributed by atoms with E-state index in [2.05, 4.69) is 9.51 Å². The molecule has 0 radical (unpaired) electrons. The van der Waals surface area contributed by atoms with Crippen LogP contribution in [0.2, 0.25) is 0 Å². The summed E-state index contributed by atoms with van der Waals surface area (Å²) in [6, 6.07) is 0.527. The molecule has 0 amide bonds. The highest BCUT2D eigenvalue weighted by Crippen LogP contribution is 2.54. The zero-order valence-electron chi connectivity index (χ0n) is 18.1. The van der Waals surface area contributed by atoms with Crippen LogP contribution in [0.4, 0.5) is 0 Å². The highest BCUT2D eigenvalue weighted by atomic mass is 32.5. The third-order valence-electron chi connectivity index (χ3n) is 4.90. The standard InChI is InChI=1S/C17H30N2O9P2S/c1-17(2,3)28-30(24,31)27-15-12(19-8-6-13(20)18-16(19)21)10-11(14(15)25-4)7-9-29(22,23)26-5/h6,8,11-12,14-15H,7,9-10H2,1-5H3,(H,22,23)(H,24,31)(H,18,20,21)/t11-,12?,14+,15-,30?/m0/s1. The molecule has 6 atom stereocenters. The van der Waals surface area contributed by atoms with E-state index in [-0.39, 0.29) is 18.5 Å². The topological polar surface area (TPSA) is 149 Å². The summed E-state index contributed by atoms with van der Waals surface area (Å²) in [6.45, 7) is 1.40. The quantitative estimate of drug-likeness (QED) is 0.428. The van der Waals surface area contributed by atoms with E-state index in [0.717, 1.165) is 7.11 Å². The molecule has 1 saturated carbocycles. The number of hydrogen-bond acceptors (Lipinski definition) is 8. The van der Waals surface area contributed by atoms with Gasteiger partial charge in [0, 0.05) is 26.5 Å². The van der Waals surface area contributed by atoms with Gasteiger partial charge in [0.1, 0.15) is 6.10 Å². The van der Waals surface area contributed by atoms with Crippen molar-refractivity contribution in [3.05, 3.63) is 33.1 Å². The maximum absolute atomic E-state index is 12.4. The Hall–Kier alpha value is -0.680. The smallest absolute Gasteiger partial charge is 0.328 e. The van der Waals surface area contributed by atoms with Gasteiger partial charge in [-0.15, -0.1) is 0 Å². The predicted molar refractivity (Wildman–Crippen MR) is 118 cm³/mol. The number of rotatable bonds is 9. The lowest BCUT2D eigenvalue weighted by atomic mass is 10.0. The zero-order valence-corrected chi connectivity index (χ0v) is 20.7. The summed E-state index contributed by atoms with van der Waals surface area (Å²) < 4.78 is 34.8. The molecule has 0 saturated heterocycles. The summed E-state index contributed by atoms with van der Waals surface area (Å²) in [5.41, 5.74) is -1.99. The van der Waals surface area contributed by atoms with E-state index in [1.54, 1.807) is 20.8 Å². The second kappa shape index (κ2) is 10.1. The molecule has 0 aromatic carbocycles. The van der Waals surface area contributed by atoms with Crippen molar-refractivity contribution in [2.24, 2.45) is 5.92 Å². The van der Waals surface area contributed by atoms with Crippen LogP contribution in [-0.4, -0.2) is 57.5 Å². The Balaban J connectivity index is 2.41. The van der Waals surface area contributed by atoms with Gasteiger partial charge >= 0.3 is 20.0 Å². The van der Waals surface area contributed by atoms with Gasteiger partial charge in [-0.3, -0.25) is 18.9 Å². The highest BCUT2D eigenvalue weighted by Gasteiger charge is 2.48. The first-order valence-corrected chi connectivity index (χ1v) is 14.0. The van der Waals surface area contributed by atoms with Crippen LogP contribution in [0.3, 0.4) is 0 Å². The summed E-state index contributed by atoms with van der Waals surface area (Å²) in [7, 11) is -1.17. The van der Waals surface area contributed by atoms with Crippen LogP contribution >= 0.6 is 14.3 Å². The molecule has 31 heavy (non-hydrogen) atoms. The third kappa shape index (κ3) is 7.42. The molecular formula is C17H30N2O9P2S. The molecule has 14 heteroatoms. The van der Waals surface area contributed by atoms with Crippen molar-refractivity contribution in [3.63, 3.8) is 0 Å². The molecule has 2 rings (SSSR count). The molecule has 0 spiro atoms. The number of nitrogens with one attached hydrogen (secondary N) is 1. The average Bonchev–Trinajstić information content (AvgIpc) is 2.94. The minimum absolute atomic E-state index is 0.125. The zero-order chi connectivity index (χ0) is 23.6. The van der Waals surface area contributed by atoms with Gasteiger partial charge in [-0.1, -0.05) is 0 Å². The van der Waals surface area contributed by atoms with Gasteiger partial charge in [-0.05, 0) is 51.3 Å². The Morgan fingerprint density at radius 1 is 1.26 bits per heavy atom. The lowest BCUT2D eigenvalue weighted by Gasteiger charge is -2.32. The number of H-pyrrole nitrogens is 1. The lowest BCUT2D eigenvalue weighted by molar-refractivity contribution is -0.0274. The van der Waals surface area contributed by atoms with E-state index < -0.39 is 49.4 Å². The van der Waals surface area contributed by atoms with E-state index in [4.69, 9.17) is 25.6 Å².